The van der Waals surface area contributed by atoms with Crippen LogP contribution in [0, 0.1) is 0 Å². The summed E-state index contributed by atoms with van der Waals surface area (Å²) >= 11 is 0. The van der Waals surface area contributed by atoms with Crippen molar-refractivity contribution in [3.05, 3.63) is 54.1 Å². The van der Waals surface area contributed by atoms with Crippen LogP contribution in [0.5, 0.6) is 17.2 Å². The minimum Gasteiger partial charge on any atom is -0.486 e. The van der Waals surface area contributed by atoms with Crippen LogP contribution in [-0.4, -0.2) is 19.8 Å². The van der Waals surface area contributed by atoms with Crippen molar-refractivity contribution in [3.63, 3.8) is 0 Å². The Morgan fingerprint density at radius 1 is 1.00 bits per heavy atom. The Morgan fingerprint density at radius 2 is 1.75 bits per heavy atom. The summed E-state index contributed by atoms with van der Waals surface area (Å²) in [6, 6.07) is 15.5. The van der Waals surface area contributed by atoms with Crippen LogP contribution in [0.15, 0.2) is 48.5 Å². The highest BCUT2D eigenvalue weighted by Gasteiger charge is 2.17. The van der Waals surface area contributed by atoms with Crippen molar-refractivity contribution in [1.29, 1.82) is 0 Å². The molecule has 1 atom stereocenters. The fourth-order valence-electron chi connectivity index (χ4n) is 2.18. The SMILES string of the molecule is NCC(Oc1ccccc1)c1ccc2c(c1)OCCO2. The zero-order valence-electron chi connectivity index (χ0n) is 11.1. The molecule has 104 valence electrons. The predicted octanol–water partition coefficient (Wildman–Crippen LogP) is 2.54. The molecule has 4 heteroatoms. The van der Waals surface area contributed by atoms with Gasteiger partial charge in [-0.1, -0.05) is 24.3 Å². The Kier molecular flexibility index (Phi) is 3.74. The summed E-state index contributed by atoms with van der Waals surface area (Å²) < 4.78 is 17.0. The van der Waals surface area contributed by atoms with Crippen molar-refractivity contribution in [1.82, 2.24) is 0 Å². The van der Waals surface area contributed by atoms with E-state index in [4.69, 9.17) is 19.9 Å². The first-order chi connectivity index (χ1) is 9.86. The van der Waals surface area contributed by atoms with Gasteiger partial charge in [0, 0.05) is 6.54 Å². The van der Waals surface area contributed by atoms with E-state index in [9.17, 15) is 0 Å². The van der Waals surface area contributed by atoms with Gasteiger partial charge in [0.15, 0.2) is 11.5 Å². The molecule has 0 amide bonds. The maximum Gasteiger partial charge on any atom is 0.161 e. The van der Waals surface area contributed by atoms with Gasteiger partial charge < -0.3 is 19.9 Å². The largest absolute Gasteiger partial charge is 0.486 e. The maximum absolute atomic E-state index is 5.92. The highest BCUT2D eigenvalue weighted by Crippen LogP contribution is 2.33. The van der Waals surface area contributed by atoms with Crippen LogP contribution in [0.25, 0.3) is 0 Å². The Bertz CT molecular complexity index is 571. The zero-order chi connectivity index (χ0) is 13.8. The maximum atomic E-state index is 5.92. The van der Waals surface area contributed by atoms with Crippen LogP contribution in [0.3, 0.4) is 0 Å². The normalized spacial score (nSPS) is 14.7. The third-order valence-corrected chi connectivity index (χ3v) is 3.17. The van der Waals surface area contributed by atoms with E-state index in [2.05, 4.69) is 0 Å². The van der Waals surface area contributed by atoms with Crippen molar-refractivity contribution in [3.8, 4) is 17.2 Å². The van der Waals surface area contributed by atoms with Crippen molar-refractivity contribution in [2.24, 2.45) is 5.73 Å². The summed E-state index contributed by atoms with van der Waals surface area (Å²) in [5.74, 6) is 2.33. The molecular formula is C16H17NO3. The average molecular weight is 271 g/mol. The third kappa shape index (κ3) is 2.70. The van der Waals surface area contributed by atoms with Gasteiger partial charge in [0.05, 0.1) is 0 Å². The Hall–Kier alpha value is -2.20. The smallest absolute Gasteiger partial charge is 0.161 e. The van der Waals surface area contributed by atoms with Gasteiger partial charge in [-0.15, -0.1) is 0 Å². The van der Waals surface area contributed by atoms with Crippen LogP contribution >= 0.6 is 0 Å². The molecule has 3 rings (SSSR count). The van der Waals surface area contributed by atoms with E-state index in [-0.39, 0.29) is 6.10 Å². The number of hydrogen-bond donors (Lipinski definition) is 1. The number of fused-ring (bicyclic) bond motifs is 1. The summed E-state index contributed by atoms with van der Waals surface area (Å²) in [6.45, 7) is 1.56. The van der Waals surface area contributed by atoms with E-state index in [1.54, 1.807) is 0 Å². The minimum atomic E-state index is -0.201. The predicted molar refractivity (Wildman–Crippen MR) is 76.3 cm³/mol. The molecule has 0 aromatic heterocycles. The molecule has 1 aliphatic heterocycles. The average Bonchev–Trinajstić information content (AvgIpc) is 2.53. The van der Waals surface area contributed by atoms with Crippen LogP contribution in [0.2, 0.25) is 0 Å². The number of ether oxygens (including phenoxy) is 3. The quantitative estimate of drug-likeness (QED) is 0.928. The van der Waals surface area contributed by atoms with Gasteiger partial charge in [-0.3, -0.25) is 0 Å². The monoisotopic (exact) mass is 271 g/mol. The Labute approximate surface area is 118 Å². The lowest BCUT2D eigenvalue weighted by molar-refractivity contribution is 0.169. The highest BCUT2D eigenvalue weighted by atomic mass is 16.6. The number of hydrogen-bond acceptors (Lipinski definition) is 4. The van der Waals surface area contributed by atoms with Gasteiger partial charge in [0.2, 0.25) is 0 Å². The van der Waals surface area contributed by atoms with Gasteiger partial charge >= 0.3 is 0 Å². The van der Waals surface area contributed by atoms with Crippen LogP contribution in [0.1, 0.15) is 11.7 Å². The molecular weight excluding hydrogens is 254 g/mol. The van der Waals surface area contributed by atoms with Crippen molar-refractivity contribution >= 4 is 0 Å². The summed E-state index contributed by atoms with van der Waals surface area (Å²) in [5.41, 5.74) is 6.82. The van der Waals surface area contributed by atoms with E-state index in [1.165, 1.54) is 0 Å². The second-order valence-electron chi connectivity index (χ2n) is 4.56. The molecule has 2 N–H and O–H groups in total. The lowest BCUT2D eigenvalue weighted by atomic mass is 10.1. The molecule has 0 bridgehead atoms. The highest BCUT2D eigenvalue weighted by molar-refractivity contribution is 5.44. The van der Waals surface area contributed by atoms with Gasteiger partial charge in [0.25, 0.3) is 0 Å². The van der Waals surface area contributed by atoms with Crippen molar-refractivity contribution in [2.75, 3.05) is 19.8 Å². The van der Waals surface area contributed by atoms with Gasteiger partial charge in [-0.05, 0) is 29.8 Å². The van der Waals surface area contributed by atoms with E-state index in [0.717, 1.165) is 22.8 Å². The van der Waals surface area contributed by atoms with Crippen LogP contribution in [-0.2, 0) is 0 Å². The second-order valence-corrected chi connectivity index (χ2v) is 4.56. The molecule has 0 spiro atoms. The summed E-state index contributed by atoms with van der Waals surface area (Å²) in [4.78, 5) is 0. The van der Waals surface area contributed by atoms with E-state index >= 15 is 0 Å². The van der Waals surface area contributed by atoms with Crippen LogP contribution in [0.4, 0.5) is 0 Å². The van der Waals surface area contributed by atoms with E-state index in [1.807, 2.05) is 48.5 Å². The molecule has 0 aliphatic carbocycles. The number of benzene rings is 2. The van der Waals surface area contributed by atoms with E-state index < -0.39 is 0 Å². The number of rotatable bonds is 4. The molecule has 0 fully saturated rings. The lowest BCUT2D eigenvalue weighted by Crippen LogP contribution is -2.20. The molecule has 0 radical (unpaired) electrons. The van der Waals surface area contributed by atoms with Gasteiger partial charge in [-0.25, -0.2) is 0 Å². The van der Waals surface area contributed by atoms with Crippen molar-refractivity contribution < 1.29 is 14.2 Å². The summed E-state index contributed by atoms with van der Waals surface area (Å²) in [7, 11) is 0. The topological polar surface area (TPSA) is 53.7 Å². The fraction of sp³-hybridized carbons (Fsp3) is 0.250. The molecule has 1 unspecified atom stereocenters. The van der Waals surface area contributed by atoms with Gasteiger partial charge in [0.1, 0.15) is 25.1 Å². The number of para-hydroxylation sites is 1. The van der Waals surface area contributed by atoms with Gasteiger partial charge in [-0.2, -0.15) is 0 Å². The van der Waals surface area contributed by atoms with Crippen molar-refractivity contribution in [2.45, 2.75) is 6.10 Å². The first-order valence-electron chi connectivity index (χ1n) is 6.68. The fourth-order valence-corrected chi connectivity index (χ4v) is 2.18. The Morgan fingerprint density at radius 3 is 2.50 bits per heavy atom. The third-order valence-electron chi connectivity index (χ3n) is 3.17. The molecule has 2 aromatic rings. The molecule has 20 heavy (non-hydrogen) atoms. The first-order valence-corrected chi connectivity index (χ1v) is 6.68. The molecule has 1 aliphatic rings. The zero-order valence-corrected chi connectivity index (χ0v) is 11.1. The standard InChI is InChI=1S/C16H17NO3/c17-11-16(20-13-4-2-1-3-5-13)12-6-7-14-15(10-12)19-9-8-18-14/h1-7,10,16H,8-9,11,17H2. The van der Waals surface area contributed by atoms with E-state index in [0.29, 0.717) is 19.8 Å². The lowest BCUT2D eigenvalue weighted by Gasteiger charge is -2.22. The molecule has 0 saturated carbocycles. The second kappa shape index (κ2) is 5.84. The molecule has 1 heterocycles. The summed E-state index contributed by atoms with van der Waals surface area (Å²) in [6.07, 6.45) is -0.201. The summed E-state index contributed by atoms with van der Waals surface area (Å²) in [5, 5.41) is 0. The minimum absolute atomic E-state index is 0.201. The number of nitrogens with two attached hydrogens (primary N) is 1. The first kappa shape index (κ1) is 12.8. The van der Waals surface area contributed by atoms with Crippen LogP contribution < -0.4 is 19.9 Å². The molecule has 2 aromatic carbocycles. The Balaban J connectivity index is 1.82. The molecule has 4 nitrogen and oxygen atoms in total. The molecule has 0 saturated heterocycles.